The van der Waals surface area contributed by atoms with E-state index in [2.05, 4.69) is 17.0 Å². The molecule has 1 aliphatic rings. The van der Waals surface area contributed by atoms with E-state index in [1.807, 2.05) is 37.3 Å². The molecule has 5 heteroatoms. The standard InChI is InChI=1S/C20H24N2O3/c1-3-25-18-9-8-14(10-19(18)24-2)12-22-13-16-7-5-4-6-15(16)11-17(22)20(21)23/h4-10,17H,3,11-13H2,1-2H3,(H2,21,23)/t17-/m0/s1. The van der Waals surface area contributed by atoms with E-state index in [-0.39, 0.29) is 11.9 Å². The van der Waals surface area contributed by atoms with Gasteiger partial charge in [-0.05, 0) is 42.2 Å². The van der Waals surface area contributed by atoms with Gasteiger partial charge in [0.05, 0.1) is 19.8 Å². The van der Waals surface area contributed by atoms with Gasteiger partial charge in [0.25, 0.3) is 0 Å². The predicted octanol–water partition coefficient (Wildman–Crippen LogP) is 2.51. The van der Waals surface area contributed by atoms with E-state index in [4.69, 9.17) is 15.2 Å². The van der Waals surface area contributed by atoms with Crippen molar-refractivity contribution in [1.29, 1.82) is 0 Å². The number of nitrogens with two attached hydrogens (primary N) is 1. The van der Waals surface area contributed by atoms with E-state index in [1.54, 1.807) is 7.11 Å². The summed E-state index contributed by atoms with van der Waals surface area (Å²) in [6.07, 6.45) is 0.652. The Hall–Kier alpha value is -2.53. The predicted molar refractivity (Wildman–Crippen MR) is 96.5 cm³/mol. The summed E-state index contributed by atoms with van der Waals surface area (Å²) in [6.45, 7) is 3.86. The lowest BCUT2D eigenvalue weighted by Gasteiger charge is -2.35. The van der Waals surface area contributed by atoms with Gasteiger partial charge in [0.15, 0.2) is 11.5 Å². The zero-order valence-corrected chi connectivity index (χ0v) is 14.7. The van der Waals surface area contributed by atoms with Crippen LogP contribution >= 0.6 is 0 Å². The molecule has 1 atom stereocenters. The summed E-state index contributed by atoms with van der Waals surface area (Å²) in [5.74, 6) is 1.14. The molecule has 2 aromatic carbocycles. The Morgan fingerprint density at radius 2 is 1.96 bits per heavy atom. The lowest BCUT2D eigenvalue weighted by Crippen LogP contribution is -2.48. The summed E-state index contributed by atoms with van der Waals surface area (Å²) >= 11 is 0. The molecular formula is C20H24N2O3. The minimum Gasteiger partial charge on any atom is -0.493 e. The fourth-order valence-electron chi connectivity index (χ4n) is 3.34. The number of carbonyl (C=O) groups is 1. The maximum atomic E-state index is 12.0. The topological polar surface area (TPSA) is 64.8 Å². The molecule has 3 rings (SSSR count). The Labute approximate surface area is 148 Å². The summed E-state index contributed by atoms with van der Waals surface area (Å²) < 4.78 is 11.0. The Bertz CT molecular complexity index is 760. The fourth-order valence-corrected chi connectivity index (χ4v) is 3.34. The number of carbonyl (C=O) groups excluding carboxylic acids is 1. The third-order valence-electron chi connectivity index (χ3n) is 4.59. The Kier molecular flexibility index (Phi) is 5.24. The van der Waals surface area contributed by atoms with Crippen molar-refractivity contribution in [2.24, 2.45) is 5.73 Å². The minimum absolute atomic E-state index is 0.285. The molecule has 0 spiro atoms. The van der Waals surface area contributed by atoms with Crippen molar-refractivity contribution in [1.82, 2.24) is 4.90 Å². The van der Waals surface area contributed by atoms with Crippen LogP contribution in [0.25, 0.3) is 0 Å². The van der Waals surface area contributed by atoms with Crippen molar-refractivity contribution in [3.8, 4) is 11.5 Å². The normalized spacial score (nSPS) is 17.0. The Balaban J connectivity index is 1.84. The largest absolute Gasteiger partial charge is 0.493 e. The van der Waals surface area contributed by atoms with Crippen LogP contribution in [0, 0.1) is 0 Å². The zero-order chi connectivity index (χ0) is 17.8. The maximum absolute atomic E-state index is 12.0. The number of benzene rings is 2. The quantitative estimate of drug-likeness (QED) is 0.877. The highest BCUT2D eigenvalue weighted by atomic mass is 16.5. The highest BCUT2D eigenvalue weighted by Gasteiger charge is 2.30. The van der Waals surface area contributed by atoms with Gasteiger partial charge in [-0.3, -0.25) is 9.69 Å². The first-order valence-electron chi connectivity index (χ1n) is 8.52. The van der Waals surface area contributed by atoms with Gasteiger partial charge in [-0.25, -0.2) is 0 Å². The minimum atomic E-state index is -0.299. The van der Waals surface area contributed by atoms with Crippen LogP contribution < -0.4 is 15.2 Å². The number of ether oxygens (including phenoxy) is 2. The molecule has 2 N–H and O–H groups in total. The van der Waals surface area contributed by atoms with Gasteiger partial charge < -0.3 is 15.2 Å². The van der Waals surface area contributed by atoms with Crippen molar-refractivity contribution in [3.63, 3.8) is 0 Å². The molecule has 0 saturated heterocycles. The molecule has 2 aromatic rings. The van der Waals surface area contributed by atoms with E-state index in [0.717, 1.165) is 11.3 Å². The van der Waals surface area contributed by atoms with Crippen molar-refractivity contribution in [3.05, 3.63) is 59.2 Å². The second-order valence-electron chi connectivity index (χ2n) is 6.21. The Morgan fingerprint density at radius 1 is 1.20 bits per heavy atom. The van der Waals surface area contributed by atoms with Crippen LogP contribution in [0.2, 0.25) is 0 Å². The summed E-state index contributed by atoms with van der Waals surface area (Å²) in [7, 11) is 1.63. The molecule has 0 radical (unpaired) electrons. The second-order valence-corrected chi connectivity index (χ2v) is 6.21. The molecule has 0 saturated carbocycles. The van der Waals surface area contributed by atoms with Gasteiger partial charge >= 0.3 is 0 Å². The van der Waals surface area contributed by atoms with E-state index in [1.165, 1.54) is 11.1 Å². The lowest BCUT2D eigenvalue weighted by molar-refractivity contribution is -0.124. The number of primary amides is 1. The molecule has 0 unspecified atom stereocenters. The van der Waals surface area contributed by atoms with Gasteiger partial charge in [-0.1, -0.05) is 30.3 Å². The molecule has 5 nitrogen and oxygen atoms in total. The summed E-state index contributed by atoms with van der Waals surface area (Å²) in [6, 6.07) is 13.8. The third-order valence-corrected chi connectivity index (χ3v) is 4.59. The highest BCUT2D eigenvalue weighted by molar-refractivity contribution is 5.80. The molecule has 1 amide bonds. The average molecular weight is 340 g/mol. The third kappa shape index (κ3) is 3.77. The highest BCUT2D eigenvalue weighted by Crippen LogP contribution is 2.30. The van der Waals surface area contributed by atoms with Crippen molar-refractivity contribution in [2.45, 2.75) is 32.5 Å². The van der Waals surface area contributed by atoms with Crippen molar-refractivity contribution in [2.75, 3.05) is 13.7 Å². The zero-order valence-electron chi connectivity index (χ0n) is 14.7. The van der Waals surface area contributed by atoms with Gasteiger partial charge in [0.1, 0.15) is 0 Å². The number of hydrogen-bond donors (Lipinski definition) is 1. The van der Waals surface area contributed by atoms with Crippen LogP contribution in [0.3, 0.4) is 0 Å². The number of rotatable bonds is 6. The van der Waals surface area contributed by atoms with Crippen molar-refractivity contribution < 1.29 is 14.3 Å². The van der Waals surface area contributed by atoms with Gasteiger partial charge in [-0.2, -0.15) is 0 Å². The van der Waals surface area contributed by atoms with Crippen LogP contribution in [0.15, 0.2) is 42.5 Å². The van der Waals surface area contributed by atoms with Crippen LogP contribution in [0.1, 0.15) is 23.6 Å². The number of hydrogen-bond acceptors (Lipinski definition) is 4. The van der Waals surface area contributed by atoms with E-state index in [9.17, 15) is 4.79 Å². The molecule has 25 heavy (non-hydrogen) atoms. The van der Waals surface area contributed by atoms with Crippen molar-refractivity contribution >= 4 is 5.91 Å². The number of methoxy groups -OCH3 is 1. The molecule has 1 heterocycles. The SMILES string of the molecule is CCOc1ccc(CN2Cc3ccccc3C[C@H]2C(N)=O)cc1OC. The van der Waals surface area contributed by atoms with Gasteiger partial charge in [-0.15, -0.1) is 0 Å². The summed E-state index contributed by atoms with van der Waals surface area (Å²) in [4.78, 5) is 14.1. The number of fused-ring (bicyclic) bond motifs is 1. The molecule has 1 aliphatic heterocycles. The van der Waals surface area contributed by atoms with Crippen LogP contribution in [0.5, 0.6) is 11.5 Å². The van der Waals surface area contributed by atoms with Gasteiger partial charge in [0.2, 0.25) is 5.91 Å². The maximum Gasteiger partial charge on any atom is 0.235 e. The Morgan fingerprint density at radius 3 is 2.64 bits per heavy atom. The van der Waals surface area contributed by atoms with Crippen LogP contribution in [0.4, 0.5) is 0 Å². The average Bonchev–Trinajstić information content (AvgIpc) is 2.62. The number of amides is 1. The lowest BCUT2D eigenvalue weighted by atomic mass is 9.93. The van der Waals surface area contributed by atoms with Crippen LogP contribution in [-0.4, -0.2) is 30.6 Å². The summed E-state index contributed by atoms with van der Waals surface area (Å²) in [5, 5.41) is 0. The number of nitrogens with zero attached hydrogens (tertiary/aromatic N) is 1. The van der Waals surface area contributed by atoms with E-state index >= 15 is 0 Å². The first-order valence-corrected chi connectivity index (χ1v) is 8.52. The molecule has 0 aliphatic carbocycles. The molecule has 132 valence electrons. The fraction of sp³-hybridized carbons (Fsp3) is 0.350. The smallest absolute Gasteiger partial charge is 0.235 e. The molecular weight excluding hydrogens is 316 g/mol. The monoisotopic (exact) mass is 340 g/mol. The molecule has 0 aromatic heterocycles. The van der Waals surface area contributed by atoms with Gasteiger partial charge in [0, 0.05) is 13.1 Å². The van der Waals surface area contributed by atoms with E-state index < -0.39 is 0 Å². The van der Waals surface area contributed by atoms with Crippen LogP contribution in [-0.2, 0) is 24.3 Å². The molecule has 0 fully saturated rings. The summed E-state index contributed by atoms with van der Waals surface area (Å²) in [5.41, 5.74) is 9.17. The first-order chi connectivity index (χ1) is 12.1. The van der Waals surface area contributed by atoms with E-state index in [0.29, 0.717) is 31.9 Å². The first kappa shape index (κ1) is 17.3. The second kappa shape index (κ2) is 7.57. The molecule has 0 bridgehead atoms.